The summed E-state index contributed by atoms with van der Waals surface area (Å²) in [5, 5.41) is 4.34. The van der Waals surface area contributed by atoms with Gasteiger partial charge in [-0.1, -0.05) is 30.7 Å². The first-order valence-electron chi connectivity index (χ1n) is 5.80. The summed E-state index contributed by atoms with van der Waals surface area (Å²) < 4.78 is 0. The van der Waals surface area contributed by atoms with Gasteiger partial charge in [-0.3, -0.25) is 0 Å². The van der Waals surface area contributed by atoms with Crippen LogP contribution >= 0.6 is 11.6 Å². The van der Waals surface area contributed by atoms with Crippen LogP contribution in [0.25, 0.3) is 0 Å². The van der Waals surface area contributed by atoms with Crippen LogP contribution in [0.5, 0.6) is 0 Å². The first-order valence-corrected chi connectivity index (χ1v) is 6.18. The molecule has 1 aliphatic rings. The van der Waals surface area contributed by atoms with Crippen molar-refractivity contribution < 1.29 is 0 Å². The molecule has 0 saturated carbocycles. The third-order valence-electron chi connectivity index (χ3n) is 3.25. The van der Waals surface area contributed by atoms with Crippen molar-refractivity contribution in [1.82, 2.24) is 5.32 Å². The van der Waals surface area contributed by atoms with E-state index in [1.165, 1.54) is 24.0 Å². The van der Waals surface area contributed by atoms with E-state index >= 15 is 0 Å². The van der Waals surface area contributed by atoms with Crippen molar-refractivity contribution in [3.05, 3.63) is 34.3 Å². The van der Waals surface area contributed by atoms with Gasteiger partial charge in [-0.05, 0) is 55.5 Å². The Bertz CT molecular complexity index is 329. The van der Waals surface area contributed by atoms with Gasteiger partial charge in [-0.15, -0.1) is 0 Å². The molecule has 1 N–H and O–H groups in total. The Kier molecular flexibility index (Phi) is 3.66. The van der Waals surface area contributed by atoms with Crippen molar-refractivity contribution in [2.24, 2.45) is 0 Å². The molecule has 0 bridgehead atoms. The molecule has 2 heteroatoms. The van der Waals surface area contributed by atoms with E-state index in [1.54, 1.807) is 0 Å². The van der Waals surface area contributed by atoms with E-state index in [-0.39, 0.29) is 0 Å². The van der Waals surface area contributed by atoms with Crippen LogP contribution in [0.3, 0.4) is 0 Å². The summed E-state index contributed by atoms with van der Waals surface area (Å²) in [5.74, 6) is 0.657. The topological polar surface area (TPSA) is 12.0 Å². The number of aryl methyl sites for hydroxylation is 1. The fraction of sp³-hybridized carbons (Fsp3) is 0.538. The van der Waals surface area contributed by atoms with Gasteiger partial charge in [0.2, 0.25) is 0 Å². The first-order chi connectivity index (χ1) is 7.31. The summed E-state index contributed by atoms with van der Waals surface area (Å²) in [4.78, 5) is 0. The maximum absolute atomic E-state index is 6.32. The molecule has 1 aromatic carbocycles. The lowest BCUT2D eigenvalue weighted by molar-refractivity contribution is 0.460. The Labute approximate surface area is 96.8 Å². The summed E-state index contributed by atoms with van der Waals surface area (Å²) in [5.41, 5.74) is 2.67. The van der Waals surface area contributed by atoms with Gasteiger partial charge >= 0.3 is 0 Å². The highest BCUT2D eigenvalue weighted by molar-refractivity contribution is 6.31. The highest BCUT2D eigenvalue weighted by Crippen LogP contribution is 2.31. The van der Waals surface area contributed by atoms with Crippen molar-refractivity contribution in [2.45, 2.75) is 32.1 Å². The average molecular weight is 224 g/mol. The number of piperidine rings is 1. The van der Waals surface area contributed by atoms with E-state index in [0.29, 0.717) is 5.92 Å². The van der Waals surface area contributed by atoms with Crippen LogP contribution in [-0.4, -0.2) is 13.1 Å². The van der Waals surface area contributed by atoms with E-state index in [0.717, 1.165) is 24.5 Å². The number of nitrogens with one attached hydrogen (secondary N) is 1. The zero-order valence-electron chi connectivity index (χ0n) is 9.22. The van der Waals surface area contributed by atoms with Crippen LogP contribution < -0.4 is 5.32 Å². The van der Waals surface area contributed by atoms with E-state index in [4.69, 9.17) is 11.6 Å². The summed E-state index contributed by atoms with van der Waals surface area (Å²) in [6.45, 7) is 4.41. The molecule has 82 valence electrons. The second kappa shape index (κ2) is 5.00. The summed E-state index contributed by atoms with van der Waals surface area (Å²) in [6, 6.07) is 6.55. The van der Waals surface area contributed by atoms with Crippen LogP contribution in [0.2, 0.25) is 5.02 Å². The van der Waals surface area contributed by atoms with Crippen molar-refractivity contribution in [3.8, 4) is 0 Å². The maximum Gasteiger partial charge on any atom is 0.0443 e. The van der Waals surface area contributed by atoms with Gasteiger partial charge in [-0.25, -0.2) is 0 Å². The SMILES string of the molecule is CCc1ccc(C2CCNCC2)c(Cl)c1. The Hall–Kier alpha value is -0.530. The van der Waals surface area contributed by atoms with Crippen LogP contribution in [0.15, 0.2) is 18.2 Å². The number of halogens is 1. The third kappa shape index (κ3) is 2.53. The third-order valence-corrected chi connectivity index (χ3v) is 3.58. The van der Waals surface area contributed by atoms with Gasteiger partial charge in [0, 0.05) is 5.02 Å². The maximum atomic E-state index is 6.32. The molecule has 0 atom stereocenters. The molecule has 0 radical (unpaired) electrons. The lowest BCUT2D eigenvalue weighted by atomic mass is 9.89. The van der Waals surface area contributed by atoms with Crippen LogP contribution in [-0.2, 0) is 6.42 Å². The minimum Gasteiger partial charge on any atom is -0.317 e. The summed E-state index contributed by atoms with van der Waals surface area (Å²) in [6.07, 6.45) is 3.49. The molecular formula is C13H18ClN. The highest BCUT2D eigenvalue weighted by Gasteiger charge is 2.17. The van der Waals surface area contributed by atoms with Crippen LogP contribution in [0.4, 0.5) is 0 Å². The molecule has 1 fully saturated rings. The Balaban J connectivity index is 2.19. The summed E-state index contributed by atoms with van der Waals surface area (Å²) in [7, 11) is 0. The van der Waals surface area contributed by atoms with Gasteiger partial charge in [0.1, 0.15) is 0 Å². The molecule has 2 rings (SSSR count). The predicted molar refractivity (Wildman–Crippen MR) is 65.7 cm³/mol. The monoisotopic (exact) mass is 223 g/mol. The Morgan fingerprint density at radius 1 is 1.33 bits per heavy atom. The first kappa shape index (κ1) is 11.0. The number of benzene rings is 1. The zero-order valence-corrected chi connectivity index (χ0v) is 9.98. The fourth-order valence-corrected chi connectivity index (χ4v) is 2.61. The minimum absolute atomic E-state index is 0.657. The molecule has 1 aliphatic heterocycles. The number of hydrogen-bond acceptors (Lipinski definition) is 1. The standard InChI is InChI=1S/C13H18ClN/c1-2-10-3-4-12(13(14)9-10)11-5-7-15-8-6-11/h3-4,9,11,15H,2,5-8H2,1H3. The molecule has 0 aromatic heterocycles. The predicted octanol–water partition coefficient (Wildman–Crippen LogP) is 3.37. The molecule has 0 aliphatic carbocycles. The molecule has 1 aromatic rings. The Morgan fingerprint density at radius 3 is 2.67 bits per heavy atom. The zero-order chi connectivity index (χ0) is 10.7. The van der Waals surface area contributed by atoms with Crippen molar-refractivity contribution in [3.63, 3.8) is 0 Å². The second-order valence-electron chi connectivity index (χ2n) is 4.23. The molecule has 0 amide bonds. The number of rotatable bonds is 2. The van der Waals surface area contributed by atoms with Gasteiger partial charge in [-0.2, -0.15) is 0 Å². The molecule has 0 unspecified atom stereocenters. The molecular weight excluding hydrogens is 206 g/mol. The largest absolute Gasteiger partial charge is 0.317 e. The second-order valence-corrected chi connectivity index (χ2v) is 4.64. The van der Waals surface area contributed by atoms with E-state index in [2.05, 4.69) is 30.4 Å². The van der Waals surface area contributed by atoms with E-state index in [9.17, 15) is 0 Å². The van der Waals surface area contributed by atoms with Gasteiger partial charge in [0.25, 0.3) is 0 Å². The van der Waals surface area contributed by atoms with Crippen molar-refractivity contribution >= 4 is 11.6 Å². The summed E-state index contributed by atoms with van der Waals surface area (Å²) >= 11 is 6.32. The Morgan fingerprint density at radius 2 is 2.07 bits per heavy atom. The van der Waals surface area contributed by atoms with Gasteiger partial charge < -0.3 is 5.32 Å². The van der Waals surface area contributed by atoms with Gasteiger partial charge in [0.15, 0.2) is 0 Å². The molecule has 1 saturated heterocycles. The van der Waals surface area contributed by atoms with E-state index < -0.39 is 0 Å². The molecule has 15 heavy (non-hydrogen) atoms. The quantitative estimate of drug-likeness (QED) is 0.811. The number of hydrogen-bond donors (Lipinski definition) is 1. The lowest BCUT2D eigenvalue weighted by Crippen LogP contribution is -2.26. The highest BCUT2D eigenvalue weighted by atomic mass is 35.5. The smallest absolute Gasteiger partial charge is 0.0443 e. The van der Waals surface area contributed by atoms with E-state index in [1.807, 2.05) is 0 Å². The van der Waals surface area contributed by atoms with Crippen molar-refractivity contribution in [1.29, 1.82) is 0 Å². The lowest BCUT2D eigenvalue weighted by Gasteiger charge is -2.24. The van der Waals surface area contributed by atoms with Gasteiger partial charge in [0.05, 0.1) is 0 Å². The average Bonchev–Trinajstić information content (AvgIpc) is 2.30. The fourth-order valence-electron chi connectivity index (χ4n) is 2.25. The molecule has 1 nitrogen and oxygen atoms in total. The molecule has 0 spiro atoms. The molecule has 1 heterocycles. The van der Waals surface area contributed by atoms with Crippen LogP contribution in [0.1, 0.15) is 36.8 Å². The van der Waals surface area contributed by atoms with Crippen molar-refractivity contribution in [2.75, 3.05) is 13.1 Å². The normalized spacial score (nSPS) is 18.0. The minimum atomic E-state index is 0.657. The van der Waals surface area contributed by atoms with Crippen LogP contribution in [0, 0.1) is 0 Å².